The molecule has 0 bridgehead atoms. The van der Waals surface area contributed by atoms with Gasteiger partial charge in [-0.15, -0.1) is 0 Å². The maximum atomic E-state index is 11.7. The Morgan fingerprint density at radius 1 is 1.33 bits per heavy atom. The normalized spacial score (nSPS) is 14.6. The number of ketones is 1. The second-order valence-corrected chi connectivity index (χ2v) is 4.45. The predicted molar refractivity (Wildman–Crippen MR) is 66.4 cm³/mol. The van der Waals surface area contributed by atoms with Crippen molar-refractivity contribution in [3.8, 4) is 11.6 Å². The van der Waals surface area contributed by atoms with E-state index in [9.17, 15) is 4.79 Å². The Morgan fingerprint density at radius 3 is 3.00 bits per heavy atom. The van der Waals surface area contributed by atoms with Crippen molar-refractivity contribution in [3.05, 3.63) is 35.3 Å². The largest absolute Gasteiger partial charge is 0.458 e. The lowest BCUT2D eigenvalue weighted by Crippen LogP contribution is -2.13. The van der Waals surface area contributed by atoms with Crippen LogP contribution in [0.15, 0.2) is 22.7 Å². The van der Waals surface area contributed by atoms with E-state index in [1.807, 2.05) is 19.1 Å². The van der Waals surface area contributed by atoms with E-state index in [4.69, 9.17) is 4.42 Å². The van der Waals surface area contributed by atoms with Crippen molar-refractivity contribution in [1.29, 1.82) is 0 Å². The van der Waals surface area contributed by atoms with Crippen LogP contribution in [0.5, 0.6) is 0 Å². The Morgan fingerprint density at radius 2 is 2.22 bits per heavy atom. The molecule has 2 aromatic heterocycles. The van der Waals surface area contributed by atoms with Crippen LogP contribution in [0.25, 0.3) is 11.6 Å². The fourth-order valence-corrected chi connectivity index (χ4v) is 2.20. The summed E-state index contributed by atoms with van der Waals surface area (Å²) in [5, 5.41) is 0. The molecular weight excluding hydrogens is 228 g/mol. The van der Waals surface area contributed by atoms with Crippen LogP contribution in [0, 0.1) is 0 Å². The number of aryl methyl sites for hydroxylation is 2. The van der Waals surface area contributed by atoms with Gasteiger partial charge in [0.25, 0.3) is 0 Å². The van der Waals surface area contributed by atoms with E-state index in [-0.39, 0.29) is 5.78 Å². The Kier molecular flexibility index (Phi) is 2.70. The first-order chi connectivity index (χ1) is 8.78. The SMILES string of the molecule is CCc1ccc(-c2ncc3c(n2)CCCC3=O)o1. The molecule has 0 atom stereocenters. The maximum absolute atomic E-state index is 11.7. The van der Waals surface area contributed by atoms with Gasteiger partial charge in [0.15, 0.2) is 17.4 Å². The number of fused-ring (bicyclic) bond motifs is 1. The fraction of sp³-hybridized carbons (Fsp3) is 0.357. The number of hydrogen-bond donors (Lipinski definition) is 0. The van der Waals surface area contributed by atoms with E-state index in [0.29, 0.717) is 23.6 Å². The molecule has 3 rings (SSSR count). The molecule has 0 unspecified atom stereocenters. The predicted octanol–water partition coefficient (Wildman–Crippen LogP) is 2.82. The first-order valence-corrected chi connectivity index (χ1v) is 6.26. The lowest BCUT2D eigenvalue weighted by molar-refractivity contribution is 0.0971. The second kappa shape index (κ2) is 4.37. The van der Waals surface area contributed by atoms with Crippen molar-refractivity contribution in [2.45, 2.75) is 32.6 Å². The molecule has 0 saturated heterocycles. The monoisotopic (exact) mass is 242 g/mol. The standard InChI is InChI=1S/C14H14N2O2/c1-2-9-6-7-13(18-9)14-15-8-10-11(16-14)4-3-5-12(10)17/h6-8H,2-5H2,1H3. The van der Waals surface area contributed by atoms with Crippen molar-refractivity contribution < 1.29 is 9.21 Å². The Labute approximate surface area is 105 Å². The average Bonchev–Trinajstić information content (AvgIpc) is 2.87. The minimum atomic E-state index is 0.150. The summed E-state index contributed by atoms with van der Waals surface area (Å²) in [5.41, 5.74) is 1.53. The first-order valence-electron chi connectivity index (χ1n) is 6.26. The van der Waals surface area contributed by atoms with E-state index >= 15 is 0 Å². The molecule has 1 aliphatic carbocycles. The third-order valence-corrected chi connectivity index (χ3v) is 3.22. The average molecular weight is 242 g/mol. The number of rotatable bonds is 2. The number of hydrogen-bond acceptors (Lipinski definition) is 4. The molecule has 0 spiro atoms. The highest BCUT2D eigenvalue weighted by atomic mass is 16.3. The highest BCUT2D eigenvalue weighted by molar-refractivity contribution is 5.97. The van der Waals surface area contributed by atoms with Gasteiger partial charge in [-0.25, -0.2) is 9.97 Å². The van der Waals surface area contributed by atoms with E-state index < -0.39 is 0 Å². The van der Waals surface area contributed by atoms with Crippen LogP contribution in [-0.2, 0) is 12.8 Å². The molecule has 1 aliphatic rings. The Balaban J connectivity index is 2.01. The van der Waals surface area contributed by atoms with E-state index in [0.717, 1.165) is 30.7 Å². The zero-order valence-electron chi connectivity index (χ0n) is 10.3. The van der Waals surface area contributed by atoms with Crippen LogP contribution in [0.2, 0.25) is 0 Å². The summed E-state index contributed by atoms with van der Waals surface area (Å²) >= 11 is 0. The van der Waals surface area contributed by atoms with Crippen LogP contribution in [0.1, 0.15) is 41.6 Å². The molecule has 4 nitrogen and oxygen atoms in total. The molecule has 0 N–H and O–H groups in total. The van der Waals surface area contributed by atoms with Gasteiger partial charge >= 0.3 is 0 Å². The summed E-state index contributed by atoms with van der Waals surface area (Å²) in [6.07, 6.45) is 4.81. The van der Waals surface area contributed by atoms with E-state index in [1.165, 1.54) is 0 Å². The molecule has 0 aliphatic heterocycles. The molecule has 0 aromatic carbocycles. The van der Waals surface area contributed by atoms with Gasteiger partial charge in [-0.2, -0.15) is 0 Å². The Bertz CT molecular complexity index is 602. The zero-order chi connectivity index (χ0) is 12.5. The van der Waals surface area contributed by atoms with Gasteiger partial charge in [-0.05, 0) is 25.0 Å². The summed E-state index contributed by atoms with van der Waals surface area (Å²) in [5.74, 6) is 2.31. The number of furan rings is 1. The fourth-order valence-electron chi connectivity index (χ4n) is 2.20. The topological polar surface area (TPSA) is 56.0 Å². The van der Waals surface area contributed by atoms with Gasteiger partial charge in [0.1, 0.15) is 5.76 Å². The van der Waals surface area contributed by atoms with Crippen molar-refractivity contribution in [2.75, 3.05) is 0 Å². The molecule has 4 heteroatoms. The molecule has 2 aromatic rings. The van der Waals surface area contributed by atoms with E-state index in [2.05, 4.69) is 9.97 Å². The van der Waals surface area contributed by atoms with Gasteiger partial charge in [0.05, 0.1) is 11.3 Å². The summed E-state index contributed by atoms with van der Waals surface area (Å²) in [6.45, 7) is 2.04. The first kappa shape index (κ1) is 11.1. The molecule has 0 amide bonds. The highest BCUT2D eigenvalue weighted by Gasteiger charge is 2.20. The van der Waals surface area contributed by atoms with E-state index in [1.54, 1.807) is 6.20 Å². The van der Waals surface area contributed by atoms with Gasteiger partial charge < -0.3 is 4.42 Å². The van der Waals surface area contributed by atoms with Gasteiger partial charge in [0.2, 0.25) is 0 Å². The second-order valence-electron chi connectivity index (χ2n) is 4.45. The summed E-state index contributed by atoms with van der Waals surface area (Å²) in [6, 6.07) is 3.81. The highest BCUT2D eigenvalue weighted by Crippen LogP contribution is 2.23. The Hall–Kier alpha value is -1.97. The van der Waals surface area contributed by atoms with Crippen LogP contribution < -0.4 is 0 Å². The third-order valence-electron chi connectivity index (χ3n) is 3.22. The van der Waals surface area contributed by atoms with Crippen LogP contribution in [0.4, 0.5) is 0 Å². The van der Waals surface area contributed by atoms with Crippen molar-refractivity contribution in [3.63, 3.8) is 0 Å². The molecule has 0 fully saturated rings. The lowest BCUT2D eigenvalue weighted by atomic mass is 9.96. The smallest absolute Gasteiger partial charge is 0.195 e. The van der Waals surface area contributed by atoms with Crippen LogP contribution >= 0.6 is 0 Å². The van der Waals surface area contributed by atoms with Gasteiger partial charge in [0, 0.05) is 19.0 Å². The minimum Gasteiger partial charge on any atom is -0.458 e. The molecule has 0 radical (unpaired) electrons. The van der Waals surface area contributed by atoms with Crippen LogP contribution in [-0.4, -0.2) is 15.8 Å². The lowest BCUT2D eigenvalue weighted by Gasteiger charge is -2.13. The number of aromatic nitrogens is 2. The van der Waals surface area contributed by atoms with Crippen LogP contribution in [0.3, 0.4) is 0 Å². The van der Waals surface area contributed by atoms with Gasteiger partial charge in [-0.1, -0.05) is 6.92 Å². The zero-order valence-corrected chi connectivity index (χ0v) is 10.3. The quantitative estimate of drug-likeness (QED) is 0.812. The number of carbonyl (C=O) groups excluding carboxylic acids is 1. The number of carbonyl (C=O) groups is 1. The third kappa shape index (κ3) is 1.83. The maximum Gasteiger partial charge on any atom is 0.195 e. The number of nitrogens with zero attached hydrogens (tertiary/aromatic N) is 2. The summed E-state index contributed by atoms with van der Waals surface area (Å²) in [7, 11) is 0. The number of Topliss-reactive ketones (excluding diaryl/α,β-unsaturated/α-hetero) is 1. The molecular formula is C14H14N2O2. The minimum absolute atomic E-state index is 0.150. The molecule has 18 heavy (non-hydrogen) atoms. The van der Waals surface area contributed by atoms with Crippen molar-refractivity contribution in [1.82, 2.24) is 9.97 Å². The summed E-state index contributed by atoms with van der Waals surface area (Å²) in [4.78, 5) is 20.4. The summed E-state index contributed by atoms with van der Waals surface area (Å²) < 4.78 is 5.63. The molecule has 0 saturated carbocycles. The van der Waals surface area contributed by atoms with Crippen molar-refractivity contribution in [2.24, 2.45) is 0 Å². The molecule has 92 valence electrons. The van der Waals surface area contributed by atoms with Gasteiger partial charge in [-0.3, -0.25) is 4.79 Å². The van der Waals surface area contributed by atoms with Crippen molar-refractivity contribution >= 4 is 5.78 Å². The molecule has 2 heterocycles.